The van der Waals surface area contributed by atoms with Crippen molar-refractivity contribution >= 4 is 82.8 Å². The predicted molar refractivity (Wildman–Crippen MR) is 389 cm³/mol. The van der Waals surface area contributed by atoms with Gasteiger partial charge in [-0.05, 0) is 115 Å². The monoisotopic (exact) mass is 1460 g/mol. The van der Waals surface area contributed by atoms with Crippen LogP contribution in [-0.2, 0) is 67.0 Å². The van der Waals surface area contributed by atoms with Crippen LogP contribution in [0.25, 0.3) is 0 Å². The van der Waals surface area contributed by atoms with Crippen LogP contribution >= 0.6 is 0 Å². The average Bonchev–Trinajstić information content (AvgIpc) is 1.52. The number of Topliss-reactive ketones (excluding diaryl/α,β-unsaturated/α-hetero) is 2. The summed E-state index contributed by atoms with van der Waals surface area (Å²) in [7, 11) is 6.26. The molecule has 2 saturated heterocycles. The van der Waals surface area contributed by atoms with Crippen LogP contribution in [0.2, 0.25) is 0 Å². The quantitative estimate of drug-likeness (QED) is 0.0458. The Morgan fingerprint density at radius 1 is 0.524 bits per heavy atom. The number of carbonyl (C=O) groups excluding carboxylic acids is 14. The molecule has 0 aromatic heterocycles. The number of carbonyl (C=O) groups is 14. The lowest BCUT2D eigenvalue weighted by Gasteiger charge is -2.37. The van der Waals surface area contributed by atoms with E-state index in [0.717, 1.165) is 64.2 Å². The normalized spacial score (nSPS) is 22.6. The molecule has 28 heteroatoms. The number of likely N-dealkylation sites (N-methyl/N-ethyl adjacent to an activating group) is 2. The van der Waals surface area contributed by atoms with Crippen molar-refractivity contribution in [3.8, 4) is 0 Å². The molecule has 0 radical (unpaired) electrons. The molecule has 13 atom stereocenters. The molecule has 8 rings (SSSR count). The Labute approximate surface area is 617 Å². The Balaban J connectivity index is 0.000000294. The predicted octanol–water partition coefficient (Wildman–Crippen LogP) is 5.04. The van der Waals surface area contributed by atoms with E-state index in [1.54, 1.807) is 101 Å². The molecule has 4 aliphatic carbocycles. The molecule has 6 fully saturated rings. The van der Waals surface area contributed by atoms with Gasteiger partial charge in [-0.1, -0.05) is 168 Å². The van der Waals surface area contributed by atoms with E-state index in [9.17, 15) is 67.1 Å². The van der Waals surface area contributed by atoms with E-state index in [0.29, 0.717) is 43.5 Å². The molecule has 2 aromatic carbocycles. The molecule has 8 N–H and O–H groups in total. The Bertz CT molecular complexity index is 3410. The number of nitrogens with zero attached hydrogens (tertiary/aromatic N) is 4. The molecule has 578 valence electrons. The van der Waals surface area contributed by atoms with Crippen molar-refractivity contribution in [1.29, 1.82) is 0 Å². The van der Waals surface area contributed by atoms with Gasteiger partial charge in [0.05, 0.1) is 32.3 Å². The van der Waals surface area contributed by atoms with Gasteiger partial charge in [0.1, 0.15) is 42.3 Å². The lowest BCUT2D eigenvalue weighted by atomic mass is 9.83. The number of fused-ring (bicyclic) bond motifs is 1. The topological polar surface area (TPSA) is 367 Å². The Hall–Kier alpha value is -8.98. The van der Waals surface area contributed by atoms with Crippen molar-refractivity contribution in [2.24, 2.45) is 58.7 Å². The van der Waals surface area contributed by atoms with Crippen molar-refractivity contribution < 1.29 is 76.6 Å². The Kier molecular flexibility index (Phi) is 30.4. The van der Waals surface area contributed by atoms with E-state index in [4.69, 9.17) is 9.47 Å². The SMILES string of the molecule is CC(C)COC(=O)N[C@H](C(=O)N1C[C@H]2[C@@H]([C@H]1C(=O)NC(C(=O)C(=O)NCC(=O)N[C@H](C(=O)N(C)C)c1ccccc1)C1CC1C)C2(C)C)C1CCCCC1.CCCC(NC(=O)[C@@H]1[C@@H](C)CCN1C(=O)[C@@H](NC(=O)OCC(C)C)C1CCCCC1)C(=O)C(=O)NCC(=O)N[C@H](C(=O)N(C)C)c1ccccc1. The molecule has 2 heterocycles. The van der Waals surface area contributed by atoms with Crippen molar-refractivity contribution in [3.05, 3.63) is 71.8 Å². The average molecular weight is 1460 g/mol. The molecular weight excluding hydrogens is 1350 g/mol. The standard InChI is InChI=1S/C40H58N6O8.C37H56N6O8/c1-22(2)21-54-39(53)44-31(25-16-12-9-13-17-25)38(52)46-20-27-29(40(27,4)5)33(46)35(49)43-32(26-18-23(26)3)34(48)36(50)41-19-28(47)42-30(37(51)45(6)7)24-14-10-8-11-15-24;1-7-14-27(32(45)34(47)38-21-28(44)40-29(35(48)42(5)6)25-15-10-8-11-16-25)39-33(46)31-24(4)19-20-43(31)36(49)30(26-17-12-9-13-18-26)41-37(50)51-22-23(2)3/h8,10-11,14-15,22-23,25-27,29-33H,9,12-13,16-21H2,1-7H3,(H,41,50)(H,42,47)(H,43,49)(H,44,53);8,10-11,15-16,23-24,26-27,29-31H,7,9,12-14,17-22H2,1-6H3,(H,38,47)(H,39,46)(H,40,44)(H,41,50)/t23?,26?,27-,29-,30-,31-,32?,33-;24-,27?,29-,30-,31-/m00/s1. The number of alkyl carbamates (subject to hydrolysis) is 2. The van der Waals surface area contributed by atoms with E-state index in [1.165, 1.54) is 14.7 Å². The third-order valence-corrected chi connectivity index (χ3v) is 21.3. The van der Waals surface area contributed by atoms with Gasteiger partial charge in [0.2, 0.25) is 58.8 Å². The maximum Gasteiger partial charge on any atom is 0.407 e. The molecular formula is C77H114N12O16. The maximum atomic E-state index is 14.4. The molecule has 2 aliphatic heterocycles. The number of amides is 12. The van der Waals surface area contributed by atoms with Crippen LogP contribution < -0.4 is 42.5 Å². The zero-order valence-electron chi connectivity index (χ0n) is 63.6. The second-order valence-electron chi connectivity index (χ2n) is 31.3. The van der Waals surface area contributed by atoms with Gasteiger partial charge < -0.3 is 71.6 Å². The largest absolute Gasteiger partial charge is 0.449 e. The summed E-state index contributed by atoms with van der Waals surface area (Å²) in [5, 5.41) is 21.2. The lowest BCUT2D eigenvalue weighted by Crippen LogP contribution is -2.60. The van der Waals surface area contributed by atoms with Gasteiger partial charge in [0, 0.05) is 41.3 Å². The fourth-order valence-electron chi connectivity index (χ4n) is 15.1. The number of rotatable bonds is 31. The smallest absolute Gasteiger partial charge is 0.407 e. The third kappa shape index (κ3) is 22.5. The van der Waals surface area contributed by atoms with Crippen molar-refractivity contribution in [1.82, 2.24) is 62.1 Å². The summed E-state index contributed by atoms with van der Waals surface area (Å²) in [6, 6.07) is 9.47. The first-order valence-electron chi connectivity index (χ1n) is 37.6. The van der Waals surface area contributed by atoms with E-state index < -0.39 is 121 Å². The fraction of sp³-hybridized carbons (Fsp3) is 0.662. The maximum absolute atomic E-state index is 14.4. The van der Waals surface area contributed by atoms with Crippen LogP contribution in [0.3, 0.4) is 0 Å². The first-order chi connectivity index (χ1) is 49.8. The van der Waals surface area contributed by atoms with Gasteiger partial charge in [-0.25, -0.2) is 9.59 Å². The number of hydrogen-bond acceptors (Lipinski definition) is 16. The fourth-order valence-corrected chi connectivity index (χ4v) is 15.1. The Morgan fingerprint density at radius 2 is 0.952 bits per heavy atom. The minimum absolute atomic E-state index is 0.0620. The van der Waals surface area contributed by atoms with Crippen LogP contribution in [0.15, 0.2) is 60.7 Å². The minimum Gasteiger partial charge on any atom is -0.449 e. The third-order valence-electron chi connectivity index (χ3n) is 21.3. The van der Waals surface area contributed by atoms with E-state index in [2.05, 4.69) is 56.4 Å². The van der Waals surface area contributed by atoms with Crippen molar-refractivity contribution in [2.45, 2.75) is 201 Å². The van der Waals surface area contributed by atoms with Gasteiger partial charge in [-0.15, -0.1) is 0 Å². The molecule has 6 aliphatic rings. The van der Waals surface area contributed by atoms with Gasteiger partial charge in [-0.3, -0.25) is 57.5 Å². The summed E-state index contributed by atoms with van der Waals surface area (Å²) < 4.78 is 10.7. The van der Waals surface area contributed by atoms with Crippen LogP contribution in [-0.4, -0.2) is 206 Å². The zero-order chi connectivity index (χ0) is 77.1. The summed E-state index contributed by atoms with van der Waals surface area (Å²) in [5.41, 5.74) is 0.897. The molecule has 4 saturated carbocycles. The highest BCUT2D eigenvalue weighted by molar-refractivity contribution is 6.39. The molecule has 0 bridgehead atoms. The molecule has 105 heavy (non-hydrogen) atoms. The summed E-state index contributed by atoms with van der Waals surface area (Å²) in [6.45, 7) is 17.3. The zero-order valence-corrected chi connectivity index (χ0v) is 63.6. The summed E-state index contributed by atoms with van der Waals surface area (Å²) in [4.78, 5) is 193. The number of ether oxygens (including phenoxy) is 2. The highest BCUT2D eigenvalue weighted by Crippen LogP contribution is 2.65. The molecule has 12 amide bonds. The summed E-state index contributed by atoms with van der Waals surface area (Å²) >= 11 is 0. The second-order valence-corrected chi connectivity index (χ2v) is 31.3. The summed E-state index contributed by atoms with van der Waals surface area (Å²) in [5.74, 6) is -8.29. The van der Waals surface area contributed by atoms with Gasteiger partial charge in [0.25, 0.3) is 11.8 Å². The van der Waals surface area contributed by atoms with E-state index in [1.807, 2.05) is 41.5 Å². The number of nitrogens with one attached hydrogen (secondary N) is 8. The van der Waals surface area contributed by atoms with Crippen LogP contribution in [0.5, 0.6) is 0 Å². The number of piperidine rings is 1. The number of ketones is 2. The van der Waals surface area contributed by atoms with Crippen LogP contribution in [0.4, 0.5) is 9.59 Å². The lowest BCUT2D eigenvalue weighted by molar-refractivity contribution is -0.145. The number of hydrogen-bond donors (Lipinski definition) is 8. The first-order valence-corrected chi connectivity index (χ1v) is 37.6. The van der Waals surface area contributed by atoms with E-state index in [-0.39, 0.29) is 102 Å². The minimum atomic E-state index is -1.19. The highest BCUT2D eigenvalue weighted by Gasteiger charge is 2.70. The van der Waals surface area contributed by atoms with Crippen molar-refractivity contribution in [3.63, 3.8) is 0 Å². The van der Waals surface area contributed by atoms with Gasteiger partial charge >= 0.3 is 12.2 Å². The Morgan fingerprint density at radius 3 is 1.37 bits per heavy atom. The molecule has 2 aromatic rings. The molecule has 0 spiro atoms. The van der Waals surface area contributed by atoms with Crippen LogP contribution in [0, 0.1) is 58.7 Å². The van der Waals surface area contributed by atoms with Crippen molar-refractivity contribution in [2.75, 3.05) is 67.6 Å². The number of likely N-dealkylation sites (tertiary alicyclic amines) is 2. The van der Waals surface area contributed by atoms with Gasteiger partial charge in [-0.2, -0.15) is 0 Å². The number of benzene rings is 2. The molecule has 28 nitrogen and oxygen atoms in total. The highest BCUT2D eigenvalue weighted by atomic mass is 16.6. The first kappa shape index (κ1) is 83.3. The summed E-state index contributed by atoms with van der Waals surface area (Å²) in [6.07, 6.45) is 9.37. The van der Waals surface area contributed by atoms with Crippen LogP contribution in [0.1, 0.15) is 175 Å². The second kappa shape index (κ2) is 38.3. The van der Waals surface area contributed by atoms with E-state index >= 15 is 0 Å². The molecule has 4 unspecified atom stereocenters. The van der Waals surface area contributed by atoms with Gasteiger partial charge in [0.15, 0.2) is 0 Å².